The average Bonchev–Trinajstić information content (AvgIpc) is 3.12. The molecule has 5 nitrogen and oxygen atoms in total. The first-order valence-corrected chi connectivity index (χ1v) is 8.60. The van der Waals surface area contributed by atoms with E-state index in [1.54, 1.807) is 38.5 Å². The maximum atomic E-state index is 11.1. The standard InChI is InChI=1S/C21H24O5/c1-3-25-19(22)12-10-8-6-4-5-7-9-11-16-15-18(24-2)21-17(20(16)23)13-14-26-21/h4-6,8,10,12-15,23H,3,7,9,11H2,1-2H3/b5-4+,8-6+,12-10+. The number of fused-ring (bicyclic) bond motifs is 1. The van der Waals surface area contributed by atoms with Gasteiger partial charge in [0.05, 0.1) is 25.4 Å². The predicted octanol–water partition coefficient (Wildman–Crippen LogP) is 4.70. The molecule has 0 saturated carbocycles. The van der Waals surface area contributed by atoms with Gasteiger partial charge in [-0.25, -0.2) is 4.79 Å². The molecule has 26 heavy (non-hydrogen) atoms. The Bertz CT molecular complexity index is 811. The number of hydrogen-bond acceptors (Lipinski definition) is 5. The van der Waals surface area contributed by atoms with Gasteiger partial charge in [0.15, 0.2) is 11.3 Å². The number of furan rings is 1. The zero-order valence-electron chi connectivity index (χ0n) is 15.1. The van der Waals surface area contributed by atoms with E-state index in [4.69, 9.17) is 13.9 Å². The Labute approximate surface area is 153 Å². The highest BCUT2D eigenvalue weighted by molar-refractivity contribution is 5.90. The van der Waals surface area contributed by atoms with Crippen LogP contribution in [0, 0.1) is 0 Å². The van der Waals surface area contributed by atoms with Crippen LogP contribution in [0.4, 0.5) is 0 Å². The third-order valence-electron chi connectivity index (χ3n) is 3.78. The van der Waals surface area contributed by atoms with Crippen molar-refractivity contribution in [3.63, 3.8) is 0 Å². The Morgan fingerprint density at radius 1 is 1.27 bits per heavy atom. The first kappa shape index (κ1) is 19.4. The third kappa shape index (κ3) is 5.28. The van der Waals surface area contributed by atoms with Gasteiger partial charge in [-0.3, -0.25) is 0 Å². The molecule has 0 bridgehead atoms. The van der Waals surface area contributed by atoms with Gasteiger partial charge in [0.2, 0.25) is 0 Å². The van der Waals surface area contributed by atoms with Crippen molar-refractivity contribution in [1.29, 1.82) is 0 Å². The van der Waals surface area contributed by atoms with Gasteiger partial charge in [-0.2, -0.15) is 0 Å². The Balaban J connectivity index is 1.82. The normalized spacial score (nSPS) is 11.9. The third-order valence-corrected chi connectivity index (χ3v) is 3.78. The minimum atomic E-state index is -0.342. The number of carbonyl (C=O) groups is 1. The number of aryl methyl sites for hydroxylation is 1. The molecule has 0 saturated heterocycles. The Hall–Kier alpha value is -2.95. The summed E-state index contributed by atoms with van der Waals surface area (Å²) in [4.78, 5) is 11.1. The van der Waals surface area contributed by atoms with Crippen LogP contribution in [0.1, 0.15) is 25.3 Å². The van der Waals surface area contributed by atoms with E-state index in [1.165, 1.54) is 6.08 Å². The van der Waals surface area contributed by atoms with Gasteiger partial charge in [-0.05, 0) is 43.9 Å². The zero-order valence-corrected chi connectivity index (χ0v) is 15.1. The van der Waals surface area contributed by atoms with Gasteiger partial charge in [0.25, 0.3) is 0 Å². The van der Waals surface area contributed by atoms with Gasteiger partial charge >= 0.3 is 5.97 Å². The fourth-order valence-electron chi connectivity index (χ4n) is 2.53. The number of esters is 1. The second-order valence-corrected chi connectivity index (χ2v) is 5.57. The lowest BCUT2D eigenvalue weighted by Gasteiger charge is -2.08. The summed E-state index contributed by atoms with van der Waals surface area (Å²) < 4.78 is 15.5. The first-order valence-electron chi connectivity index (χ1n) is 8.60. The van der Waals surface area contributed by atoms with Crippen molar-refractivity contribution in [3.8, 4) is 11.5 Å². The molecule has 1 aromatic heterocycles. The molecule has 0 atom stereocenters. The van der Waals surface area contributed by atoms with Crippen LogP contribution in [-0.4, -0.2) is 24.8 Å². The fraction of sp³-hybridized carbons (Fsp3) is 0.286. The lowest BCUT2D eigenvalue weighted by molar-refractivity contribution is -0.137. The molecule has 0 fully saturated rings. The molecular weight excluding hydrogens is 332 g/mol. The molecule has 0 spiro atoms. The molecule has 0 unspecified atom stereocenters. The van der Waals surface area contributed by atoms with E-state index in [0.717, 1.165) is 24.8 Å². The number of rotatable bonds is 9. The minimum Gasteiger partial charge on any atom is -0.507 e. The number of allylic oxidation sites excluding steroid dienone is 5. The molecule has 2 aromatic rings. The van der Waals surface area contributed by atoms with Crippen molar-refractivity contribution >= 4 is 16.9 Å². The molecule has 1 heterocycles. The molecule has 0 radical (unpaired) electrons. The summed E-state index contributed by atoms with van der Waals surface area (Å²) in [6.07, 6.45) is 14.7. The van der Waals surface area contributed by atoms with Crippen LogP contribution in [0.15, 0.2) is 59.3 Å². The minimum absolute atomic E-state index is 0.252. The quantitative estimate of drug-likeness (QED) is 0.305. The number of methoxy groups -OCH3 is 1. The molecule has 1 N–H and O–H groups in total. The molecule has 1 aromatic carbocycles. The number of carbonyl (C=O) groups excluding carboxylic acids is 1. The van der Waals surface area contributed by atoms with E-state index in [1.807, 2.05) is 24.3 Å². The van der Waals surface area contributed by atoms with E-state index in [2.05, 4.69) is 0 Å². The molecule has 138 valence electrons. The van der Waals surface area contributed by atoms with Gasteiger partial charge in [-0.1, -0.05) is 30.4 Å². The summed E-state index contributed by atoms with van der Waals surface area (Å²) in [6.45, 7) is 2.15. The summed E-state index contributed by atoms with van der Waals surface area (Å²) in [5.74, 6) is 0.540. The van der Waals surface area contributed by atoms with Gasteiger partial charge < -0.3 is 19.0 Å². The summed E-state index contributed by atoms with van der Waals surface area (Å²) in [5, 5.41) is 11.0. The first-order chi connectivity index (χ1) is 12.7. The monoisotopic (exact) mass is 356 g/mol. The molecule has 0 aliphatic heterocycles. The number of aromatic hydroxyl groups is 1. The Morgan fingerprint density at radius 3 is 2.85 bits per heavy atom. The summed E-state index contributed by atoms with van der Waals surface area (Å²) in [7, 11) is 1.59. The van der Waals surface area contributed by atoms with Crippen LogP contribution in [0.5, 0.6) is 11.5 Å². The highest BCUT2D eigenvalue weighted by atomic mass is 16.5. The van der Waals surface area contributed by atoms with Gasteiger partial charge in [0.1, 0.15) is 5.75 Å². The lowest BCUT2D eigenvalue weighted by Crippen LogP contribution is -1.98. The smallest absolute Gasteiger partial charge is 0.330 e. The topological polar surface area (TPSA) is 68.9 Å². The van der Waals surface area contributed by atoms with Gasteiger partial charge in [-0.15, -0.1) is 0 Å². The predicted molar refractivity (Wildman–Crippen MR) is 101 cm³/mol. The van der Waals surface area contributed by atoms with Crippen molar-refractivity contribution in [2.75, 3.05) is 13.7 Å². The highest BCUT2D eigenvalue weighted by Gasteiger charge is 2.14. The van der Waals surface area contributed by atoms with E-state index in [9.17, 15) is 9.90 Å². The summed E-state index contributed by atoms with van der Waals surface area (Å²) in [5.41, 5.74) is 1.41. The number of phenolic OH excluding ortho intramolecular Hbond substituents is 1. The molecule has 2 rings (SSSR count). The SMILES string of the molecule is CCOC(=O)/C=C/C=C/C=C/CCCc1cc(OC)c2occc2c1O. The number of ether oxygens (including phenoxy) is 2. The van der Waals surface area contributed by atoms with E-state index in [-0.39, 0.29) is 11.7 Å². The second kappa shape index (κ2) is 10.1. The van der Waals surface area contributed by atoms with Crippen molar-refractivity contribution in [2.45, 2.75) is 26.2 Å². The van der Waals surface area contributed by atoms with Crippen molar-refractivity contribution in [1.82, 2.24) is 0 Å². The van der Waals surface area contributed by atoms with Crippen LogP contribution in [0.25, 0.3) is 11.0 Å². The largest absolute Gasteiger partial charge is 0.507 e. The van der Waals surface area contributed by atoms with Crippen LogP contribution < -0.4 is 4.74 Å². The maximum Gasteiger partial charge on any atom is 0.330 e. The number of unbranched alkanes of at least 4 members (excludes halogenated alkanes) is 1. The summed E-state index contributed by atoms with van der Waals surface area (Å²) >= 11 is 0. The van der Waals surface area contributed by atoms with Crippen LogP contribution in [-0.2, 0) is 16.0 Å². The number of benzene rings is 1. The molecule has 0 aliphatic rings. The zero-order chi connectivity index (χ0) is 18.8. The van der Waals surface area contributed by atoms with Crippen molar-refractivity contribution in [3.05, 3.63) is 60.4 Å². The van der Waals surface area contributed by atoms with Crippen molar-refractivity contribution < 1.29 is 23.8 Å². The Morgan fingerprint density at radius 2 is 2.08 bits per heavy atom. The van der Waals surface area contributed by atoms with Crippen LogP contribution in [0.3, 0.4) is 0 Å². The maximum absolute atomic E-state index is 11.1. The summed E-state index contributed by atoms with van der Waals surface area (Å²) in [6, 6.07) is 3.57. The lowest BCUT2D eigenvalue weighted by atomic mass is 10.0. The number of hydrogen-bond donors (Lipinski definition) is 1. The molecular formula is C21H24O5. The Kier molecular flexibility index (Phi) is 7.55. The fourth-order valence-corrected chi connectivity index (χ4v) is 2.53. The molecule has 0 amide bonds. The second-order valence-electron chi connectivity index (χ2n) is 5.57. The molecule has 5 heteroatoms. The van der Waals surface area contributed by atoms with Crippen LogP contribution >= 0.6 is 0 Å². The van der Waals surface area contributed by atoms with Gasteiger partial charge in [0, 0.05) is 6.08 Å². The highest BCUT2D eigenvalue weighted by Crippen LogP contribution is 2.37. The van der Waals surface area contributed by atoms with Crippen LogP contribution in [0.2, 0.25) is 0 Å². The van der Waals surface area contributed by atoms with E-state index in [0.29, 0.717) is 23.3 Å². The molecule has 0 aliphatic carbocycles. The van der Waals surface area contributed by atoms with E-state index < -0.39 is 0 Å². The van der Waals surface area contributed by atoms with E-state index >= 15 is 0 Å². The average molecular weight is 356 g/mol. The van der Waals surface area contributed by atoms with Crippen molar-refractivity contribution in [2.24, 2.45) is 0 Å². The number of phenols is 1.